The predicted octanol–water partition coefficient (Wildman–Crippen LogP) is -43.6. The summed E-state index contributed by atoms with van der Waals surface area (Å²) in [4.78, 5) is 63.9. The molecule has 0 aliphatic heterocycles. The van der Waals surface area contributed by atoms with Gasteiger partial charge in [-0.05, 0) is 0 Å². The maximum absolute atomic E-state index is 9.13. The van der Waals surface area contributed by atoms with Crippen LogP contribution in [0.15, 0.2) is 0 Å². The van der Waals surface area contributed by atoms with E-state index in [-0.39, 0.29) is 258 Å². The fourth-order valence-corrected chi connectivity index (χ4v) is 0. The molecule has 0 rings (SSSR count). The molecular formula is C14H42Al2Cl7N7O21Zr2. The first-order chi connectivity index (χ1) is 15.9. The number of carbonyl (C=O) groups is 7. The molecule has 39 heteroatoms. The van der Waals surface area contributed by atoms with Gasteiger partial charge in [-0.25, -0.2) is 0 Å². The molecule has 0 radical (unpaired) electrons. The zero-order valence-corrected chi connectivity index (χ0v) is 39.0. The maximum atomic E-state index is 9.13. The van der Waals surface area contributed by atoms with Gasteiger partial charge in [-0.15, -0.1) is 0 Å². The van der Waals surface area contributed by atoms with Crippen molar-refractivity contribution >= 4 is 76.5 Å². The predicted molar refractivity (Wildman–Crippen MR) is 135 cm³/mol. The summed E-state index contributed by atoms with van der Waals surface area (Å²) in [7, 11) is 0. The molecule has 0 bridgehead atoms. The quantitative estimate of drug-likeness (QED) is 0.116. The zero-order chi connectivity index (χ0) is 30.0. The molecule has 0 saturated carbocycles. The average molecular weight is 1130 g/mol. The van der Waals surface area contributed by atoms with Crippen LogP contribution in [0, 0.1) is 0 Å². The minimum absolute atomic E-state index is 0. The molecule has 322 valence electrons. The first kappa shape index (κ1) is 181. The standard InChI is InChI=1S/7C2H5NO2.2Al.7ClH.7H2O.2Zr/c7*3-1-2(4)5;;;;;;;;;;;;;;;;;;/h7*1,3H2,(H,4,5);;;7*1H;7*1H2;;/q;;;;;;;2*+3;;;;;;;;;;;;;;;2*+4/p-14. The molecule has 0 unspecified atom stereocenters. The van der Waals surface area contributed by atoms with Gasteiger partial charge < -0.3 is 235 Å². The summed E-state index contributed by atoms with van der Waals surface area (Å²) in [5.74, 6) is -8.52. The van der Waals surface area contributed by atoms with Crippen LogP contribution in [-0.2, 0) is 86.0 Å². The summed E-state index contributed by atoms with van der Waals surface area (Å²) in [5.41, 5.74) is 31.6. The average Bonchev–Trinajstić information content (AvgIpc) is 2.80. The number of carbonyl (C=O) groups excluding carboxylic acids is 7. The van der Waals surface area contributed by atoms with Crippen molar-refractivity contribution in [3.8, 4) is 0 Å². The van der Waals surface area contributed by atoms with Crippen LogP contribution in [0.25, 0.3) is 0 Å². The van der Waals surface area contributed by atoms with Gasteiger partial charge in [0, 0.05) is 45.8 Å². The Hall–Kier alpha value is 0.591. The normalized spacial score (nSPS) is 4.89. The molecule has 28 N–H and O–H groups in total. The van der Waals surface area contributed by atoms with E-state index in [0.29, 0.717) is 0 Å². The molecule has 53 heavy (non-hydrogen) atoms. The van der Waals surface area contributed by atoms with Crippen molar-refractivity contribution in [2.45, 2.75) is 0 Å². The van der Waals surface area contributed by atoms with Crippen molar-refractivity contribution in [3.05, 3.63) is 0 Å². The summed E-state index contributed by atoms with van der Waals surface area (Å²) in [6.45, 7) is -2.72. The van der Waals surface area contributed by atoms with Crippen LogP contribution in [0.4, 0.5) is 0 Å². The Morgan fingerprint density at radius 1 is 0.264 bits per heavy atom. The Morgan fingerprint density at radius 2 is 0.283 bits per heavy atom. The van der Waals surface area contributed by atoms with Gasteiger partial charge in [-0.1, -0.05) is 0 Å². The summed E-state index contributed by atoms with van der Waals surface area (Å²) >= 11 is 0. The third kappa shape index (κ3) is 632. The van der Waals surface area contributed by atoms with E-state index < -0.39 is 41.8 Å². The second-order valence-electron chi connectivity index (χ2n) is 4.03. The second kappa shape index (κ2) is 171. The smallest absolute Gasteiger partial charge is 1.00 e. The minimum Gasteiger partial charge on any atom is -1.00 e. The van der Waals surface area contributed by atoms with Gasteiger partial charge in [0.1, 0.15) is 0 Å². The SMILES string of the molecule is NCC(=O)[O-].NCC(=O)[O-].NCC(=O)[O-].NCC(=O)[O-].NCC(=O)[O-].NCC(=O)[O-].NCC(=O)[O-].O.O.O.O.O.O.O.[Al+3].[Al+3].[Cl-].[Cl-].[Cl-].[Cl-].[Cl-].[Cl-].[Cl-].[Zr+4].[Zr+4]. The Kier molecular flexibility index (Phi) is 586. The second-order valence-corrected chi connectivity index (χ2v) is 4.03. The molecule has 0 aromatic rings. The summed E-state index contributed by atoms with van der Waals surface area (Å²) < 4.78 is 0. The fraction of sp³-hybridized carbons (Fsp3) is 0.500. The molecule has 0 aromatic carbocycles. The van der Waals surface area contributed by atoms with Gasteiger partial charge in [0.25, 0.3) is 0 Å². The Balaban J connectivity index is -0.00000000710. The molecule has 0 atom stereocenters. The van der Waals surface area contributed by atoms with E-state index in [9.17, 15) is 0 Å². The Labute approximate surface area is 405 Å². The number of halogens is 7. The summed E-state index contributed by atoms with van der Waals surface area (Å²) in [5, 5.41) is 63.9. The molecular weight excluding hydrogens is 1090 g/mol. The molecule has 0 aliphatic carbocycles. The van der Waals surface area contributed by atoms with Crippen molar-refractivity contribution in [1.29, 1.82) is 0 Å². The molecule has 0 fully saturated rings. The van der Waals surface area contributed by atoms with E-state index in [4.69, 9.17) is 69.3 Å². The fourth-order valence-electron chi connectivity index (χ4n) is 0. The van der Waals surface area contributed by atoms with Gasteiger partial charge >= 0.3 is 87.1 Å². The van der Waals surface area contributed by atoms with Gasteiger partial charge in [-0.3, -0.25) is 0 Å². The van der Waals surface area contributed by atoms with Crippen LogP contribution in [-0.4, -0.2) is 161 Å². The van der Waals surface area contributed by atoms with E-state index in [1.807, 2.05) is 0 Å². The zero-order valence-electron chi connectivity index (χ0n) is 26.5. The van der Waals surface area contributed by atoms with Crippen LogP contribution in [0.1, 0.15) is 0 Å². The molecule has 0 aromatic heterocycles. The molecule has 0 amide bonds. The van der Waals surface area contributed by atoms with Crippen molar-refractivity contribution in [2.24, 2.45) is 40.1 Å². The molecule has 0 saturated heterocycles. The van der Waals surface area contributed by atoms with Gasteiger partial charge in [-0.2, -0.15) is 0 Å². The van der Waals surface area contributed by atoms with E-state index in [2.05, 4.69) is 40.1 Å². The monoisotopic (exact) mass is 1120 g/mol. The van der Waals surface area contributed by atoms with E-state index in [1.54, 1.807) is 0 Å². The third-order valence-corrected chi connectivity index (χ3v) is 1.17. The first-order valence-corrected chi connectivity index (χ1v) is 8.19. The van der Waals surface area contributed by atoms with Crippen LogP contribution < -0.4 is 163 Å². The number of rotatable bonds is 7. The van der Waals surface area contributed by atoms with Crippen molar-refractivity contribution in [2.75, 3.05) is 45.8 Å². The number of carboxylic acid groups (broad SMARTS) is 7. The number of nitrogens with two attached hydrogens (primary N) is 7. The Morgan fingerprint density at radius 3 is 0.283 bits per heavy atom. The van der Waals surface area contributed by atoms with E-state index >= 15 is 0 Å². The number of hydrogen-bond acceptors (Lipinski definition) is 21. The molecule has 28 nitrogen and oxygen atoms in total. The summed E-state index contributed by atoms with van der Waals surface area (Å²) in [6.07, 6.45) is 0. The largest absolute Gasteiger partial charge is 4.00 e. The number of aliphatic carboxylic acids is 7. The molecule has 0 aliphatic rings. The topological polar surface area (TPSA) is 684 Å². The maximum Gasteiger partial charge on any atom is 4.00 e. The van der Waals surface area contributed by atoms with Gasteiger partial charge in [0.05, 0.1) is 41.8 Å². The minimum atomic E-state index is -1.22. The van der Waals surface area contributed by atoms with Gasteiger partial charge in [0.2, 0.25) is 0 Å². The van der Waals surface area contributed by atoms with Crippen molar-refractivity contribution in [3.63, 3.8) is 0 Å². The Bertz CT molecular complexity index is 499. The van der Waals surface area contributed by atoms with E-state index in [0.717, 1.165) is 0 Å². The van der Waals surface area contributed by atoms with Crippen LogP contribution in [0.3, 0.4) is 0 Å². The van der Waals surface area contributed by atoms with Crippen LogP contribution in [0.2, 0.25) is 0 Å². The first-order valence-electron chi connectivity index (χ1n) is 8.19. The third-order valence-electron chi connectivity index (χ3n) is 1.17. The molecule has 0 heterocycles. The van der Waals surface area contributed by atoms with Crippen molar-refractivity contribution < 1.29 is 247 Å². The number of carboxylic acids is 7. The van der Waals surface area contributed by atoms with Crippen molar-refractivity contribution in [1.82, 2.24) is 0 Å². The summed E-state index contributed by atoms with van der Waals surface area (Å²) in [6, 6.07) is 0. The van der Waals surface area contributed by atoms with Crippen LogP contribution in [0.5, 0.6) is 0 Å². The molecule has 0 spiro atoms. The van der Waals surface area contributed by atoms with Gasteiger partial charge in [0.15, 0.2) is 0 Å². The number of hydrogen-bond donors (Lipinski definition) is 7. The van der Waals surface area contributed by atoms with Crippen LogP contribution >= 0.6 is 0 Å². The van der Waals surface area contributed by atoms with E-state index in [1.165, 1.54) is 0 Å².